The molecule has 0 saturated carbocycles. The Morgan fingerprint density at radius 2 is 1.86 bits per heavy atom. The van der Waals surface area contributed by atoms with Gasteiger partial charge in [0.15, 0.2) is 0 Å². The van der Waals surface area contributed by atoms with Crippen molar-refractivity contribution in [2.75, 3.05) is 18.4 Å². The van der Waals surface area contributed by atoms with Gasteiger partial charge in [0.25, 0.3) is 5.56 Å². The van der Waals surface area contributed by atoms with Gasteiger partial charge in [-0.2, -0.15) is 4.31 Å². The van der Waals surface area contributed by atoms with Crippen LogP contribution in [0.25, 0.3) is 0 Å². The summed E-state index contributed by atoms with van der Waals surface area (Å²) < 4.78 is 28.4. The van der Waals surface area contributed by atoms with E-state index < -0.39 is 15.6 Å². The Labute approximate surface area is 171 Å². The highest BCUT2D eigenvalue weighted by atomic mass is 32.2. The summed E-state index contributed by atoms with van der Waals surface area (Å²) in [7, 11) is -3.88. The second-order valence-electron chi connectivity index (χ2n) is 7.76. The molecule has 156 valence electrons. The number of benzene rings is 1. The molecule has 3 rings (SSSR count). The van der Waals surface area contributed by atoms with Crippen LogP contribution in [0.4, 0.5) is 5.69 Å². The average Bonchev–Trinajstić information content (AvgIpc) is 2.66. The van der Waals surface area contributed by atoms with Gasteiger partial charge in [-0.05, 0) is 61.9 Å². The van der Waals surface area contributed by atoms with E-state index in [4.69, 9.17) is 0 Å². The summed E-state index contributed by atoms with van der Waals surface area (Å²) in [4.78, 5) is 25.0. The average molecular weight is 418 g/mol. The van der Waals surface area contributed by atoms with Crippen molar-refractivity contribution < 1.29 is 13.2 Å². The van der Waals surface area contributed by atoms with Crippen LogP contribution in [0.1, 0.15) is 30.9 Å². The van der Waals surface area contributed by atoms with E-state index in [1.165, 1.54) is 22.6 Å². The molecular weight excluding hydrogens is 390 g/mol. The van der Waals surface area contributed by atoms with E-state index in [1.807, 2.05) is 32.0 Å². The molecule has 8 heteroatoms. The first-order valence-corrected chi connectivity index (χ1v) is 11.2. The number of anilines is 1. The molecule has 29 heavy (non-hydrogen) atoms. The van der Waals surface area contributed by atoms with Gasteiger partial charge in [0.1, 0.15) is 11.4 Å². The van der Waals surface area contributed by atoms with Gasteiger partial charge < -0.3 is 9.88 Å². The number of hydrogen-bond donors (Lipinski definition) is 1. The molecule has 7 nitrogen and oxygen atoms in total. The third-order valence-electron chi connectivity index (χ3n) is 5.33. The lowest BCUT2D eigenvalue weighted by molar-refractivity contribution is -0.116. The van der Waals surface area contributed by atoms with Crippen molar-refractivity contribution in [3.8, 4) is 0 Å². The van der Waals surface area contributed by atoms with Crippen molar-refractivity contribution in [2.24, 2.45) is 5.92 Å². The van der Waals surface area contributed by atoms with Crippen LogP contribution in [-0.4, -0.2) is 36.3 Å². The van der Waals surface area contributed by atoms with Gasteiger partial charge in [-0.3, -0.25) is 9.59 Å². The number of aryl methyl sites for hydroxylation is 2. The number of nitrogens with zero attached hydrogens (tertiary/aromatic N) is 2. The Bertz CT molecular complexity index is 1070. The zero-order valence-electron chi connectivity index (χ0n) is 17.0. The largest absolute Gasteiger partial charge is 0.324 e. The molecule has 1 aliphatic rings. The maximum Gasteiger partial charge on any atom is 0.271 e. The first-order valence-electron chi connectivity index (χ1n) is 9.75. The second-order valence-corrected chi connectivity index (χ2v) is 9.67. The van der Waals surface area contributed by atoms with Gasteiger partial charge in [-0.15, -0.1) is 0 Å². The summed E-state index contributed by atoms with van der Waals surface area (Å²) in [5, 5.41) is 2.79. The Morgan fingerprint density at radius 1 is 1.17 bits per heavy atom. The predicted octanol–water partition coefficient (Wildman–Crippen LogP) is 2.52. The third kappa shape index (κ3) is 4.76. The molecule has 1 fully saturated rings. The molecule has 1 N–H and O–H groups in total. The van der Waals surface area contributed by atoms with Crippen molar-refractivity contribution in [1.82, 2.24) is 8.87 Å². The third-order valence-corrected chi connectivity index (χ3v) is 7.24. The summed E-state index contributed by atoms with van der Waals surface area (Å²) >= 11 is 0. The normalized spacial score (nSPS) is 16.0. The number of pyridine rings is 1. The maximum atomic E-state index is 12.9. The highest BCUT2D eigenvalue weighted by Gasteiger charge is 2.30. The second kappa shape index (κ2) is 8.51. The van der Waals surface area contributed by atoms with Crippen LogP contribution in [0.15, 0.2) is 46.2 Å². The van der Waals surface area contributed by atoms with Gasteiger partial charge in [0.05, 0.1) is 0 Å². The molecule has 2 aromatic rings. The maximum absolute atomic E-state index is 12.9. The summed E-state index contributed by atoms with van der Waals surface area (Å²) in [5.41, 5.74) is 1.91. The molecule has 0 atom stereocenters. The minimum Gasteiger partial charge on any atom is -0.324 e. The van der Waals surface area contributed by atoms with E-state index in [-0.39, 0.29) is 17.3 Å². The number of piperidine rings is 1. The Morgan fingerprint density at radius 3 is 2.55 bits per heavy atom. The topological polar surface area (TPSA) is 88.5 Å². The number of nitrogens with one attached hydrogen (secondary N) is 1. The van der Waals surface area contributed by atoms with E-state index in [0.717, 1.165) is 28.5 Å². The Kier molecular flexibility index (Phi) is 6.24. The molecule has 0 radical (unpaired) electrons. The molecule has 2 heterocycles. The van der Waals surface area contributed by atoms with Gasteiger partial charge in [0.2, 0.25) is 15.9 Å². The highest BCUT2D eigenvalue weighted by molar-refractivity contribution is 7.89. The monoisotopic (exact) mass is 417 g/mol. The van der Waals surface area contributed by atoms with Crippen LogP contribution < -0.4 is 10.9 Å². The predicted molar refractivity (Wildman–Crippen MR) is 112 cm³/mol. The van der Waals surface area contributed by atoms with Crippen LogP contribution in [0.2, 0.25) is 0 Å². The molecule has 1 amide bonds. The van der Waals surface area contributed by atoms with Gasteiger partial charge >= 0.3 is 0 Å². The van der Waals surface area contributed by atoms with Crippen molar-refractivity contribution in [3.05, 3.63) is 58.0 Å². The van der Waals surface area contributed by atoms with Crippen molar-refractivity contribution in [1.29, 1.82) is 0 Å². The van der Waals surface area contributed by atoms with E-state index in [0.29, 0.717) is 24.7 Å². The van der Waals surface area contributed by atoms with E-state index >= 15 is 0 Å². The molecule has 1 aliphatic heterocycles. The lowest BCUT2D eigenvalue weighted by Gasteiger charge is -2.29. The molecular formula is C21H27N3O4S. The molecule has 0 spiro atoms. The van der Waals surface area contributed by atoms with E-state index in [2.05, 4.69) is 12.2 Å². The van der Waals surface area contributed by atoms with Gasteiger partial charge in [-0.25, -0.2) is 8.42 Å². The number of carbonyl (C=O) groups excluding carboxylic acids is 1. The fraction of sp³-hybridized carbons (Fsp3) is 0.429. The van der Waals surface area contributed by atoms with Gasteiger partial charge in [0, 0.05) is 25.0 Å². The number of hydrogen-bond acceptors (Lipinski definition) is 4. The van der Waals surface area contributed by atoms with E-state index in [9.17, 15) is 18.0 Å². The SMILES string of the molecule is Cc1ccc(C)c(NC(=O)Cn2cccc(S(=O)(=O)N3CCC(C)CC3)c2=O)c1. The zero-order chi connectivity index (χ0) is 21.2. The number of carbonyl (C=O) groups is 1. The lowest BCUT2D eigenvalue weighted by Crippen LogP contribution is -2.41. The Balaban J connectivity index is 1.81. The van der Waals surface area contributed by atoms with Crippen LogP contribution in [-0.2, 0) is 21.4 Å². The smallest absolute Gasteiger partial charge is 0.271 e. The number of rotatable bonds is 5. The molecule has 0 bridgehead atoms. The fourth-order valence-electron chi connectivity index (χ4n) is 3.41. The summed E-state index contributed by atoms with van der Waals surface area (Å²) in [6, 6.07) is 8.52. The number of sulfonamides is 1. The minimum absolute atomic E-state index is 0.257. The minimum atomic E-state index is -3.88. The van der Waals surface area contributed by atoms with Crippen LogP contribution in [0.3, 0.4) is 0 Å². The quantitative estimate of drug-likeness (QED) is 0.810. The van der Waals surface area contributed by atoms with Crippen molar-refractivity contribution in [2.45, 2.75) is 45.1 Å². The van der Waals surface area contributed by atoms with Crippen LogP contribution in [0.5, 0.6) is 0 Å². The first kappa shape index (κ1) is 21.3. The lowest BCUT2D eigenvalue weighted by atomic mass is 10.0. The number of aromatic nitrogens is 1. The van der Waals surface area contributed by atoms with Crippen LogP contribution in [0, 0.1) is 19.8 Å². The first-order chi connectivity index (χ1) is 13.7. The van der Waals surface area contributed by atoms with Crippen molar-refractivity contribution >= 4 is 21.6 Å². The summed E-state index contributed by atoms with van der Waals surface area (Å²) in [6.07, 6.45) is 2.99. The fourth-order valence-corrected chi connectivity index (χ4v) is 4.97. The summed E-state index contributed by atoms with van der Waals surface area (Å²) in [5.74, 6) is 0.0878. The highest BCUT2D eigenvalue weighted by Crippen LogP contribution is 2.22. The molecule has 0 aliphatic carbocycles. The molecule has 1 aromatic carbocycles. The Hall–Kier alpha value is -2.45. The van der Waals surface area contributed by atoms with Crippen molar-refractivity contribution in [3.63, 3.8) is 0 Å². The number of amides is 1. The van der Waals surface area contributed by atoms with E-state index in [1.54, 1.807) is 0 Å². The van der Waals surface area contributed by atoms with Gasteiger partial charge in [-0.1, -0.05) is 19.1 Å². The molecule has 0 unspecified atom stereocenters. The molecule has 1 aromatic heterocycles. The zero-order valence-corrected chi connectivity index (χ0v) is 17.8. The van der Waals surface area contributed by atoms with Crippen LogP contribution >= 0.6 is 0 Å². The molecule has 1 saturated heterocycles. The summed E-state index contributed by atoms with van der Waals surface area (Å²) in [6.45, 7) is 6.46. The standard InChI is InChI=1S/C21H27N3O4S/c1-15-8-11-24(12-9-15)29(27,28)19-5-4-10-23(21(19)26)14-20(25)22-18-13-16(2)6-7-17(18)3/h4-7,10,13,15H,8-9,11-12,14H2,1-3H3,(H,22,25).